The Labute approximate surface area is 117 Å². The van der Waals surface area contributed by atoms with Crippen LogP contribution < -0.4 is 5.32 Å². The molecule has 0 aliphatic carbocycles. The molecule has 0 bridgehead atoms. The molecule has 2 aromatic rings. The SMILES string of the molecule is CCCS(=O)(=O)c1ccc(NCc2nccs2)cc1. The molecule has 0 atom stereocenters. The summed E-state index contributed by atoms with van der Waals surface area (Å²) in [6, 6.07) is 6.87. The molecular weight excluding hydrogens is 280 g/mol. The summed E-state index contributed by atoms with van der Waals surface area (Å²) in [4.78, 5) is 4.56. The summed E-state index contributed by atoms with van der Waals surface area (Å²) in [6.07, 6.45) is 2.40. The van der Waals surface area contributed by atoms with E-state index in [9.17, 15) is 8.42 Å². The maximum absolute atomic E-state index is 11.9. The van der Waals surface area contributed by atoms with Crippen LogP contribution in [-0.2, 0) is 16.4 Å². The van der Waals surface area contributed by atoms with Gasteiger partial charge in [0.15, 0.2) is 9.84 Å². The maximum atomic E-state index is 11.9. The fraction of sp³-hybridized carbons (Fsp3) is 0.308. The molecule has 19 heavy (non-hydrogen) atoms. The zero-order valence-electron chi connectivity index (χ0n) is 10.7. The Bertz CT molecular complexity index is 605. The number of nitrogens with one attached hydrogen (secondary N) is 1. The number of nitrogens with zero attached hydrogens (tertiary/aromatic N) is 1. The fourth-order valence-corrected chi connectivity index (χ4v) is 3.56. The number of hydrogen-bond acceptors (Lipinski definition) is 5. The Morgan fingerprint density at radius 2 is 2.00 bits per heavy atom. The predicted molar refractivity (Wildman–Crippen MR) is 78.2 cm³/mol. The average molecular weight is 296 g/mol. The van der Waals surface area contributed by atoms with E-state index in [0.29, 0.717) is 17.9 Å². The Kier molecular flexibility index (Phi) is 4.55. The zero-order chi connectivity index (χ0) is 13.7. The Morgan fingerprint density at radius 1 is 1.26 bits per heavy atom. The second-order valence-corrected chi connectivity index (χ2v) is 7.21. The molecule has 4 nitrogen and oxygen atoms in total. The van der Waals surface area contributed by atoms with Crippen molar-refractivity contribution in [2.24, 2.45) is 0 Å². The minimum atomic E-state index is -3.12. The quantitative estimate of drug-likeness (QED) is 0.890. The molecule has 0 radical (unpaired) electrons. The van der Waals surface area contributed by atoms with E-state index in [4.69, 9.17) is 0 Å². The molecule has 0 spiro atoms. The van der Waals surface area contributed by atoms with E-state index in [1.807, 2.05) is 12.3 Å². The van der Waals surface area contributed by atoms with Gasteiger partial charge in [-0.15, -0.1) is 11.3 Å². The molecule has 0 aliphatic heterocycles. The van der Waals surface area contributed by atoms with E-state index in [1.165, 1.54) is 0 Å². The third kappa shape index (κ3) is 3.78. The lowest BCUT2D eigenvalue weighted by Gasteiger charge is -2.06. The molecule has 0 saturated carbocycles. The minimum Gasteiger partial charge on any atom is -0.379 e. The molecule has 1 aromatic carbocycles. The van der Waals surface area contributed by atoms with Gasteiger partial charge in [-0.2, -0.15) is 0 Å². The van der Waals surface area contributed by atoms with E-state index < -0.39 is 9.84 Å². The summed E-state index contributed by atoms with van der Waals surface area (Å²) in [7, 11) is -3.12. The molecular formula is C13H16N2O2S2. The number of anilines is 1. The first kappa shape index (κ1) is 14.0. The number of rotatable bonds is 6. The van der Waals surface area contributed by atoms with Gasteiger partial charge in [0.1, 0.15) is 5.01 Å². The highest BCUT2D eigenvalue weighted by atomic mass is 32.2. The second kappa shape index (κ2) is 6.16. The molecule has 6 heteroatoms. The van der Waals surface area contributed by atoms with Crippen LogP contribution in [0, 0.1) is 0 Å². The van der Waals surface area contributed by atoms with E-state index in [0.717, 1.165) is 10.7 Å². The van der Waals surface area contributed by atoms with E-state index in [-0.39, 0.29) is 5.75 Å². The molecule has 2 rings (SSSR count). The van der Waals surface area contributed by atoms with Crippen molar-refractivity contribution in [3.8, 4) is 0 Å². The first-order chi connectivity index (χ1) is 9.12. The lowest BCUT2D eigenvalue weighted by molar-refractivity contribution is 0.595. The third-order valence-corrected chi connectivity index (χ3v) is 5.33. The number of sulfone groups is 1. The third-order valence-electron chi connectivity index (χ3n) is 2.61. The topological polar surface area (TPSA) is 59.1 Å². The summed E-state index contributed by atoms with van der Waals surface area (Å²) in [5.41, 5.74) is 0.894. The highest BCUT2D eigenvalue weighted by molar-refractivity contribution is 7.91. The van der Waals surface area contributed by atoms with Gasteiger partial charge in [0.25, 0.3) is 0 Å². The minimum absolute atomic E-state index is 0.193. The second-order valence-electron chi connectivity index (χ2n) is 4.12. The smallest absolute Gasteiger partial charge is 0.178 e. The van der Waals surface area contributed by atoms with Gasteiger partial charge in [0, 0.05) is 17.3 Å². The molecule has 1 N–H and O–H groups in total. The zero-order valence-corrected chi connectivity index (χ0v) is 12.3. The van der Waals surface area contributed by atoms with Crippen molar-refractivity contribution in [1.29, 1.82) is 0 Å². The first-order valence-corrected chi connectivity index (χ1v) is 8.60. The van der Waals surface area contributed by atoms with E-state index in [2.05, 4.69) is 10.3 Å². The van der Waals surface area contributed by atoms with Crippen molar-refractivity contribution in [3.05, 3.63) is 40.8 Å². The number of hydrogen-bond donors (Lipinski definition) is 1. The fourth-order valence-electron chi connectivity index (χ4n) is 1.68. The summed E-state index contributed by atoms with van der Waals surface area (Å²) in [5.74, 6) is 0.193. The Hall–Kier alpha value is -1.40. The number of aromatic nitrogens is 1. The summed E-state index contributed by atoms with van der Waals surface area (Å²) in [5, 5.41) is 6.14. The van der Waals surface area contributed by atoms with Gasteiger partial charge < -0.3 is 5.32 Å². The van der Waals surface area contributed by atoms with Gasteiger partial charge in [0.2, 0.25) is 0 Å². The van der Waals surface area contributed by atoms with Crippen LogP contribution in [-0.4, -0.2) is 19.2 Å². The van der Waals surface area contributed by atoms with Crippen LogP contribution in [0.25, 0.3) is 0 Å². The maximum Gasteiger partial charge on any atom is 0.178 e. The van der Waals surface area contributed by atoms with Crippen molar-refractivity contribution in [2.45, 2.75) is 24.8 Å². The number of thiazole rings is 1. The van der Waals surface area contributed by atoms with Gasteiger partial charge in [-0.1, -0.05) is 6.92 Å². The summed E-state index contributed by atoms with van der Waals surface area (Å²) in [6.45, 7) is 2.51. The molecule has 0 aliphatic rings. The van der Waals surface area contributed by atoms with Gasteiger partial charge >= 0.3 is 0 Å². The van der Waals surface area contributed by atoms with Crippen molar-refractivity contribution in [3.63, 3.8) is 0 Å². The summed E-state index contributed by atoms with van der Waals surface area (Å²) < 4.78 is 23.7. The van der Waals surface area contributed by atoms with Crippen LogP contribution >= 0.6 is 11.3 Å². The van der Waals surface area contributed by atoms with E-state index in [1.54, 1.807) is 41.8 Å². The summed E-state index contributed by atoms with van der Waals surface area (Å²) >= 11 is 1.59. The van der Waals surface area contributed by atoms with Crippen molar-refractivity contribution in [1.82, 2.24) is 4.98 Å². The Morgan fingerprint density at radius 3 is 2.58 bits per heavy atom. The first-order valence-electron chi connectivity index (χ1n) is 6.07. The molecule has 0 amide bonds. The van der Waals surface area contributed by atoms with Gasteiger partial charge in [-0.25, -0.2) is 13.4 Å². The van der Waals surface area contributed by atoms with Crippen molar-refractivity contribution in [2.75, 3.05) is 11.1 Å². The van der Waals surface area contributed by atoms with Crippen molar-refractivity contribution >= 4 is 26.9 Å². The van der Waals surface area contributed by atoms with Crippen LogP contribution in [0.5, 0.6) is 0 Å². The molecule has 0 saturated heterocycles. The largest absolute Gasteiger partial charge is 0.379 e. The highest BCUT2D eigenvalue weighted by Gasteiger charge is 2.12. The van der Waals surface area contributed by atoms with Crippen LogP contribution in [0.3, 0.4) is 0 Å². The lowest BCUT2D eigenvalue weighted by Crippen LogP contribution is -2.06. The normalized spacial score (nSPS) is 11.4. The predicted octanol–water partition coefficient (Wildman–Crippen LogP) is 2.94. The van der Waals surface area contributed by atoms with Gasteiger partial charge in [0.05, 0.1) is 17.2 Å². The molecule has 0 fully saturated rings. The van der Waals surface area contributed by atoms with Crippen LogP contribution in [0.2, 0.25) is 0 Å². The standard InChI is InChI=1S/C13H16N2O2S2/c1-2-9-19(16,17)12-5-3-11(4-6-12)15-10-13-14-7-8-18-13/h3-8,15H,2,9-10H2,1H3. The van der Waals surface area contributed by atoms with Crippen LogP contribution in [0.4, 0.5) is 5.69 Å². The molecule has 1 aromatic heterocycles. The van der Waals surface area contributed by atoms with Crippen molar-refractivity contribution < 1.29 is 8.42 Å². The molecule has 102 valence electrons. The van der Waals surface area contributed by atoms with Crippen LogP contribution in [0.15, 0.2) is 40.7 Å². The lowest BCUT2D eigenvalue weighted by atomic mass is 10.3. The highest BCUT2D eigenvalue weighted by Crippen LogP contribution is 2.17. The molecule has 0 unspecified atom stereocenters. The average Bonchev–Trinajstić information content (AvgIpc) is 2.90. The molecule has 1 heterocycles. The number of benzene rings is 1. The Balaban J connectivity index is 2.02. The van der Waals surface area contributed by atoms with E-state index >= 15 is 0 Å². The van der Waals surface area contributed by atoms with Crippen LogP contribution in [0.1, 0.15) is 18.4 Å². The van der Waals surface area contributed by atoms with Gasteiger partial charge in [-0.05, 0) is 30.7 Å². The van der Waals surface area contributed by atoms with Gasteiger partial charge in [-0.3, -0.25) is 0 Å². The monoisotopic (exact) mass is 296 g/mol.